The van der Waals surface area contributed by atoms with Gasteiger partial charge in [-0.05, 0) is 79.9 Å². The van der Waals surface area contributed by atoms with E-state index in [0.29, 0.717) is 17.7 Å². The van der Waals surface area contributed by atoms with E-state index in [1.807, 2.05) is 0 Å². The second-order valence-corrected chi connectivity index (χ2v) is 11.4. The van der Waals surface area contributed by atoms with Crippen LogP contribution >= 0.6 is 11.8 Å². The Labute approximate surface area is 269 Å². The summed E-state index contributed by atoms with van der Waals surface area (Å²) in [7, 11) is 0. The molecule has 17 heteroatoms. The van der Waals surface area contributed by atoms with E-state index in [-0.39, 0.29) is 28.9 Å². The average molecular weight is 686 g/mol. The van der Waals surface area contributed by atoms with Gasteiger partial charge in [0.05, 0.1) is 11.4 Å². The van der Waals surface area contributed by atoms with Crippen LogP contribution in [0.3, 0.4) is 0 Å². The van der Waals surface area contributed by atoms with Crippen molar-refractivity contribution >= 4 is 46.8 Å². The molecule has 2 unspecified atom stereocenters. The van der Waals surface area contributed by atoms with Crippen molar-refractivity contribution in [3.8, 4) is 11.5 Å². The van der Waals surface area contributed by atoms with Crippen LogP contribution in [-0.2, 0) is 11.2 Å². The van der Waals surface area contributed by atoms with Gasteiger partial charge in [-0.3, -0.25) is 9.69 Å². The highest BCUT2D eigenvalue weighted by Crippen LogP contribution is 2.37. The molecule has 1 aliphatic rings. The Kier molecular flexibility index (Phi) is 11.0. The lowest BCUT2D eigenvalue weighted by Crippen LogP contribution is -2.50. The number of ether oxygens (including phenoxy) is 2. The third kappa shape index (κ3) is 10.9. The van der Waals surface area contributed by atoms with Crippen LogP contribution in [0.4, 0.5) is 53.0 Å². The minimum atomic E-state index is -4.83. The summed E-state index contributed by atoms with van der Waals surface area (Å²) in [5.74, 6) is -0.988. The molecule has 4 rings (SSSR count). The van der Waals surface area contributed by atoms with Gasteiger partial charge in [-0.1, -0.05) is 18.2 Å². The first-order chi connectivity index (χ1) is 22.0. The summed E-state index contributed by atoms with van der Waals surface area (Å²) in [5.41, 5.74) is 1.37. The number of thioether (sulfide) groups is 1. The van der Waals surface area contributed by atoms with Gasteiger partial charge in [-0.2, -0.15) is 13.2 Å². The number of hydrogen-bond acceptors (Lipinski definition) is 6. The van der Waals surface area contributed by atoms with Crippen LogP contribution in [0, 0.1) is 6.92 Å². The molecule has 0 saturated carbocycles. The van der Waals surface area contributed by atoms with E-state index in [1.54, 1.807) is 44.2 Å². The highest BCUT2D eigenvalue weighted by atomic mass is 32.2. The van der Waals surface area contributed by atoms with Crippen molar-refractivity contribution in [1.82, 2.24) is 10.6 Å². The maximum Gasteiger partial charge on any atom is 0.573 e. The Bertz CT molecular complexity index is 1570. The minimum absolute atomic E-state index is 0.00520. The van der Waals surface area contributed by atoms with Crippen LogP contribution in [0.1, 0.15) is 18.1 Å². The van der Waals surface area contributed by atoms with Crippen molar-refractivity contribution in [2.75, 3.05) is 27.9 Å². The zero-order valence-corrected chi connectivity index (χ0v) is 25.6. The Morgan fingerprint density at radius 3 is 2.15 bits per heavy atom. The summed E-state index contributed by atoms with van der Waals surface area (Å²) in [6.45, 7) is 1.92. The van der Waals surface area contributed by atoms with Gasteiger partial charge in [0.1, 0.15) is 11.5 Å². The standard InChI is InChI=1S/C30H29F6N5O5S/c1-17-3-12-24(45-16-29(31,32)33)23(13-17)41-25(42)15-47-28(41)40-26(43)37-18(2)14-19-4-6-20(7-5-19)38-27(44)39-21-8-10-22(11-9-21)46-30(34,35)36/h3-13,18,28H,14-16H2,1-2H3,(H2,37,40,43)(H2,38,39,44). The summed E-state index contributed by atoms with van der Waals surface area (Å²) in [5, 5.41) is 10.6. The normalized spacial score (nSPS) is 15.5. The molecule has 1 fully saturated rings. The van der Waals surface area contributed by atoms with Crippen LogP contribution in [0.15, 0.2) is 66.7 Å². The molecule has 1 saturated heterocycles. The zero-order chi connectivity index (χ0) is 34.4. The van der Waals surface area contributed by atoms with Crippen molar-refractivity contribution in [2.45, 2.75) is 44.3 Å². The molecule has 1 aliphatic heterocycles. The van der Waals surface area contributed by atoms with Gasteiger partial charge in [0.25, 0.3) is 0 Å². The molecule has 4 N–H and O–H groups in total. The molecular formula is C30H29F6N5O5S. The van der Waals surface area contributed by atoms with Crippen molar-refractivity contribution < 1.29 is 50.2 Å². The summed E-state index contributed by atoms with van der Waals surface area (Å²) < 4.78 is 84.1. The first-order valence-electron chi connectivity index (χ1n) is 13.9. The van der Waals surface area contributed by atoms with Gasteiger partial charge in [-0.25, -0.2) is 9.59 Å². The van der Waals surface area contributed by atoms with Gasteiger partial charge in [0.15, 0.2) is 12.1 Å². The predicted molar refractivity (Wildman–Crippen MR) is 164 cm³/mol. The largest absolute Gasteiger partial charge is 0.573 e. The van der Waals surface area contributed by atoms with Gasteiger partial charge in [0.2, 0.25) is 5.91 Å². The maximum absolute atomic E-state index is 12.8. The number of aryl methyl sites for hydroxylation is 1. The van der Waals surface area contributed by atoms with E-state index in [2.05, 4.69) is 26.0 Å². The molecule has 0 aromatic heterocycles. The van der Waals surface area contributed by atoms with Gasteiger partial charge < -0.3 is 30.7 Å². The van der Waals surface area contributed by atoms with Crippen molar-refractivity contribution in [3.05, 3.63) is 77.9 Å². The van der Waals surface area contributed by atoms with Crippen LogP contribution in [0.5, 0.6) is 11.5 Å². The van der Waals surface area contributed by atoms with E-state index in [9.17, 15) is 40.7 Å². The Morgan fingerprint density at radius 1 is 0.936 bits per heavy atom. The number of halogens is 6. The fourth-order valence-corrected chi connectivity index (χ4v) is 5.44. The van der Waals surface area contributed by atoms with Crippen LogP contribution in [-0.4, -0.2) is 54.4 Å². The third-order valence-electron chi connectivity index (χ3n) is 6.36. The first kappa shape index (κ1) is 35.1. The molecule has 10 nitrogen and oxygen atoms in total. The molecule has 0 spiro atoms. The molecule has 252 valence electrons. The van der Waals surface area contributed by atoms with E-state index in [0.717, 1.165) is 29.5 Å². The smallest absolute Gasteiger partial charge is 0.482 e. The number of alkyl halides is 6. The lowest BCUT2D eigenvalue weighted by Gasteiger charge is -2.27. The number of nitrogens with one attached hydrogen (secondary N) is 4. The fraction of sp³-hybridized carbons (Fsp3) is 0.300. The molecule has 0 radical (unpaired) electrons. The number of carbonyl (C=O) groups is 3. The molecule has 2 atom stereocenters. The number of nitrogens with zero attached hydrogens (tertiary/aromatic N) is 1. The fourth-order valence-electron chi connectivity index (χ4n) is 4.43. The second-order valence-electron chi connectivity index (χ2n) is 10.4. The summed E-state index contributed by atoms with van der Waals surface area (Å²) in [6, 6.07) is 14.1. The number of hydrogen-bond donors (Lipinski definition) is 4. The van der Waals surface area contributed by atoms with Crippen molar-refractivity contribution in [2.24, 2.45) is 0 Å². The topological polar surface area (TPSA) is 121 Å². The van der Waals surface area contributed by atoms with Crippen molar-refractivity contribution in [1.29, 1.82) is 0 Å². The molecule has 1 heterocycles. The van der Waals surface area contributed by atoms with E-state index in [1.165, 1.54) is 29.2 Å². The lowest BCUT2D eigenvalue weighted by molar-refractivity contribution is -0.274. The van der Waals surface area contributed by atoms with Crippen LogP contribution < -0.4 is 35.6 Å². The highest BCUT2D eigenvalue weighted by molar-refractivity contribution is 8.01. The first-order valence-corrected chi connectivity index (χ1v) is 14.9. The van der Waals surface area contributed by atoms with Crippen LogP contribution in [0.25, 0.3) is 0 Å². The lowest BCUT2D eigenvalue weighted by atomic mass is 10.1. The van der Waals surface area contributed by atoms with E-state index < -0.39 is 48.4 Å². The molecule has 47 heavy (non-hydrogen) atoms. The third-order valence-corrected chi connectivity index (χ3v) is 7.42. The second kappa shape index (κ2) is 14.7. The number of rotatable bonds is 10. The Morgan fingerprint density at radius 2 is 1.55 bits per heavy atom. The maximum atomic E-state index is 12.8. The molecule has 5 amide bonds. The van der Waals surface area contributed by atoms with Gasteiger partial charge in [-0.15, -0.1) is 24.9 Å². The predicted octanol–water partition coefficient (Wildman–Crippen LogP) is 6.77. The SMILES string of the molecule is Cc1ccc(OCC(F)(F)F)c(N2C(=O)CSC2NC(=O)NC(C)Cc2ccc(NC(=O)Nc3ccc(OC(F)(F)F)cc3)cc2)c1. The molecular weight excluding hydrogens is 656 g/mol. The van der Waals surface area contributed by atoms with Crippen molar-refractivity contribution in [3.63, 3.8) is 0 Å². The quantitative estimate of drug-likeness (QED) is 0.175. The van der Waals surface area contributed by atoms with E-state index >= 15 is 0 Å². The summed E-state index contributed by atoms with van der Waals surface area (Å²) in [4.78, 5) is 39.1. The molecule has 3 aromatic carbocycles. The highest BCUT2D eigenvalue weighted by Gasteiger charge is 2.37. The number of carbonyl (C=O) groups excluding carboxylic acids is 3. The van der Waals surface area contributed by atoms with E-state index in [4.69, 9.17) is 4.74 Å². The Hall–Kier alpha value is -4.80. The molecule has 0 aliphatic carbocycles. The molecule has 3 aromatic rings. The zero-order valence-electron chi connectivity index (χ0n) is 24.8. The monoisotopic (exact) mass is 685 g/mol. The van der Waals surface area contributed by atoms with Gasteiger partial charge in [0, 0.05) is 17.4 Å². The minimum Gasteiger partial charge on any atom is -0.482 e. The summed E-state index contributed by atoms with van der Waals surface area (Å²) >= 11 is 1.10. The number of anilines is 3. The number of benzene rings is 3. The number of amides is 5. The van der Waals surface area contributed by atoms with Gasteiger partial charge >= 0.3 is 24.6 Å². The molecule has 0 bridgehead atoms. The Balaban J connectivity index is 1.28. The average Bonchev–Trinajstić information content (AvgIpc) is 3.32. The number of urea groups is 2. The van der Waals surface area contributed by atoms with Crippen LogP contribution in [0.2, 0.25) is 0 Å². The summed E-state index contributed by atoms with van der Waals surface area (Å²) in [6.07, 6.45) is -9.02.